The normalized spacial score (nSPS) is 17.4. The van der Waals surface area contributed by atoms with Crippen molar-refractivity contribution in [2.24, 2.45) is 5.92 Å². The summed E-state index contributed by atoms with van der Waals surface area (Å²) in [5, 5.41) is 3.64. The van der Waals surface area contributed by atoms with E-state index in [1.807, 2.05) is 25.7 Å². The number of likely N-dealkylation sites (tertiary alicyclic amines) is 1. The zero-order chi connectivity index (χ0) is 29.3. The number of morpholine rings is 1. The molecule has 2 saturated heterocycles. The number of H-pyrrole nitrogens is 1. The number of aromatic amines is 1. The smallest absolute Gasteiger partial charge is 0.410 e. The molecule has 2 N–H and O–H groups in total. The quantitative estimate of drug-likeness (QED) is 0.264. The summed E-state index contributed by atoms with van der Waals surface area (Å²) in [6, 6.07) is 16.7. The second-order valence-corrected chi connectivity index (χ2v) is 14.1. The number of hydrogen-bond acceptors (Lipinski definition) is 8. The third-order valence-corrected chi connectivity index (χ3v) is 10.3. The molecule has 2 aromatic carbocycles. The molecular formula is C32H38N4O4S2. The van der Waals surface area contributed by atoms with Crippen molar-refractivity contribution in [2.75, 3.05) is 56.2 Å². The Hall–Kier alpha value is -3.08. The minimum absolute atomic E-state index is 0.0910. The Bertz CT molecular complexity index is 1510. The van der Waals surface area contributed by atoms with Crippen LogP contribution in [0.5, 0.6) is 0 Å². The second kappa shape index (κ2) is 12.3. The summed E-state index contributed by atoms with van der Waals surface area (Å²) in [5.41, 5.74) is 3.38. The number of aromatic nitrogens is 1. The van der Waals surface area contributed by atoms with Crippen molar-refractivity contribution in [3.63, 3.8) is 0 Å². The van der Waals surface area contributed by atoms with Gasteiger partial charge in [0.05, 0.1) is 18.9 Å². The van der Waals surface area contributed by atoms with Crippen LogP contribution >= 0.6 is 23.5 Å². The van der Waals surface area contributed by atoms with Crippen LogP contribution in [0.2, 0.25) is 0 Å². The van der Waals surface area contributed by atoms with Crippen molar-refractivity contribution in [1.29, 1.82) is 0 Å². The molecule has 0 radical (unpaired) electrons. The molecular weight excluding hydrogens is 569 g/mol. The second-order valence-electron chi connectivity index (χ2n) is 12.0. The summed E-state index contributed by atoms with van der Waals surface area (Å²) >= 11 is 3.53. The lowest BCUT2D eigenvalue weighted by atomic mass is 9.97. The third-order valence-electron chi connectivity index (χ3n) is 7.71. The fraction of sp³-hybridized carbons (Fsp3) is 0.438. The molecule has 0 unspecified atom stereocenters. The zero-order valence-corrected chi connectivity index (χ0v) is 26.0. The first-order valence-electron chi connectivity index (χ1n) is 14.6. The summed E-state index contributed by atoms with van der Waals surface area (Å²) in [7, 11) is 0. The molecule has 6 rings (SSSR count). The number of amides is 1. The molecule has 3 aliphatic rings. The number of nitrogens with zero attached hydrogens (tertiary/aromatic N) is 2. The van der Waals surface area contributed by atoms with Crippen LogP contribution < -0.4 is 15.8 Å². The van der Waals surface area contributed by atoms with Crippen LogP contribution in [-0.4, -0.2) is 67.5 Å². The van der Waals surface area contributed by atoms with E-state index in [4.69, 9.17) is 9.47 Å². The van der Waals surface area contributed by atoms with Gasteiger partial charge in [-0.3, -0.25) is 4.79 Å². The Labute approximate surface area is 255 Å². The van der Waals surface area contributed by atoms with Crippen LogP contribution in [0.4, 0.5) is 16.2 Å². The number of carbonyl (C=O) groups is 1. The number of carbonyl (C=O) groups excluding carboxylic acids is 1. The van der Waals surface area contributed by atoms with E-state index < -0.39 is 5.60 Å². The van der Waals surface area contributed by atoms with Gasteiger partial charge < -0.3 is 29.6 Å². The molecule has 1 aromatic heterocycles. The van der Waals surface area contributed by atoms with E-state index in [1.165, 1.54) is 19.6 Å². The molecule has 0 spiro atoms. The minimum Gasteiger partial charge on any atom is -0.444 e. The monoisotopic (exact) mass is 606 g/mol. The molecule has 1 amide bonds. The highest BCUT2D eigenvalue weighted by molar-refractivity contribution is 8.05. The maximum absolute atomic E-state index is 12.6. The van der Waals surface area contributed by atoms with Crippen LogP contribution in [0.15, 0.2) is 72.9 Å². The molecule has 4 heterocycles. The first kappa shape index (κ1) is 29.0. The summed E-state index contributed by atoms with van der Waals surface area (Å²) in [5.74, 6) is 0.514. The lowest BCUT2D eigenvalue weighted by Crippen LogP contribution is -2.42. The largest absolute Gasteiger partial charge is 0.444 e. The summed E-state index contributed by atoms with van der Waals surface area (Å²) in [6.07, 6.45) is 1.72. The Balaban J connectivity index is 1.11. The van der Waals surface area contributed by atoms with Crippen molar-refractivity contribution in [3.05, 3.63) is 58.9 Å². The summed E-state index contributed by atoms with van der Waals surface area (Å²) < 4.78 is 11.0. The van der Waals surface area contributed by atoms with Gasteiger partial charge in [-0.15, -0.1) is 0 Å². The number of nitrogens with one attached hydrogen (secondary N) is 2. The SMILES string of the molecule is CC(C)(C)OC(=O)N1CCC(CNc2ccc3c(c2)Sc2cccc(-c4cc(N5CCOCC5)cc(=O)[nH]4)c2S3)CC1. The summed E-state index contributed by atoms with van der Waals surface area (Å²) in [6.45, 7) is 11.0. The van der Waals surface area contributed by atoms with Crippen molar-refractivity contribution >= 4 is 41.0 Å². The van der Waals surface area contributed by atoms with Gasteiger partial charge in [-0.25, -0.2) is 4.79 Å². The molecule has 10 heteroatoms. The van der Waals surface area contributed by atoms with E-state index in [0.29, 0.717) is 19.1 Å². The number of anilines is 2. The third kappa shape index (κ3) is 6.76. The van der Waals surface area contributed by atoms with Crippen molar-refractivity contribution < 1.29 is 14.3 Å². The molecule has 0 aliphatic carbocycles. The van der Waals surface area contributed by atoms with E-state index in [0.717, 1.165) is 68.2 Å². The number of hydrogen-bond donors (Lipinski definition) is 2. The fourth-order valence-electron chi connectivity index (χ4n) is 5.51. The van der Waals surface area contributed by atoms with Crippen LogP contribution in [0.25, 0.3) is 11.3 Å². The van der Waals surface area contributed by atoms with Gasteiger partial charge in [0.25, 0.3) is 0 Å². The molecule has 42 heavy (non-hydrogen) atoms. The van der Waals surface area contributed by atoms with Crippen LogP contribution in [-0.2, 0) is 9.47 Å². The van der Waals surface area contributed by atoms with Gasteiger partial charge in [0, 0.05) is 75.3 Å². The first-order chi connectivity index (χ1) is 20.2. The predicted octanol–water partition coefficient (Wildman–Crippen LogP) is 6.55. The van der Waals surface area contributed by atoms with Gasteiger partial charge in [0.1, 0.15) is 5.60 Å². The fourth-order valence-corrected chi connectivity index (χ4v) is 7.92. The number of piperidine rings is 1. The Kier molecular flexibility index (Phi) is 8.47. The number of benzene rings is 2. The standard InChI is InChI=1S/C32H38N4O4S2/c1-32(2,3)40-31(38)36-11-9-21(10-12-36)20-33-22-7-8-26-28(17-22)41-27-6-4-5-24(30(27)42-26)25-18-23(19-29(37)34-25)35-13-15-39-16-14-35/h4-8,17-19,21,33H,9-16,20H2,1-3H3,(H,34,37). The van der Waals surface area contributed by atoms with Crippen LogP contribution in [0.1, 0.15) is 33.6 Å². The molecule has 0 atom stereocenters. The average Bonchev–Trinajstić information content (AvgIpc) is 2.98. The average molecular weight is 607 g/mol. The van der Waals surface area contributed by atoms with E-state index in [9.17, 15) is 9.59 Å². The first-order valence-corrected chi connectivity index (χ1v) is 16.3. The lowest BCUT2D eigenvalue weighted by molar-refractivity contribution is 0.0188. The number of pyridine rings is 1. The van der Waals surface area contributed by atoms with Gasteiger partial charge in [-0.05, 0) is 69.9 Å². The molecule has 0 saturated carbocycles. The number of fused-ring (bicyclic) bond motifs is 2. The Morgan fingerprint density at radius 2 is 1.79 bits per heavy atom. The Morgan fingerprint density at radius 1 is 1.00 bits per heavy atom. The highest BCUT2D eigenvalue weighted by Gasteiger charge is 2.27. The molecule has 0 bridgehead atoms. The van der Waals surface area contributed by atoms with Crippen molar-refractivity contribution in [3.8, 4) is 11.3 Å². The predicted molar refractivity (Wildman–Crippen MR) is 169 cm³/mol. The van der Waals surface area contributed by atoms with Crippen molar-refractivity contribution in [2.45, 2.75) is 58.8 Å². The van der Waals surface area contributed by atoms with Gasteiger partial charge in [-0.2, -0.15) is 0 Å². The topological polar surface area (TPSA) is 86.9 Å². The maximum Gasteiger partial charge on any atom is 0.410 e. The van der Waals surface area contributed by atoms with Crippen LogP contribution in [0.3, 0.4) is 0 Å². The van der Waals surface area contributed by atoms with Crippen LogP contribution in [0, 0.1) is 5.92 Å². The van der Waals surface area contributed by atoms with Gasteiger partial charge in [-0.1, -0.05) is 35.7 Å². The number of rotatable bonds is 5. The highest BCUT2D eigenvalue weighted by atomic mass is 32.2. The summed E-state index contributed by atoms with van der Waals surface area (Å²) in [4.78, 5) is 36.9. The maximum atomic E-state index is 12.6. The molecule has 3 aromatic rings. The van der Waals surface area contributed by atoms with Gasteiger partial charge in [0.2, 0.25) is 5.56 Å². The zero-order valence-electron chi connectivity index (χ0n) is 24.4. The van der Waals surface area contributed by atoms with E-state index in [-0.39, 0.29) is 11.7 Å². The highest BCUT2D eigenvalue weighted by Crippen LogP contribution is 2.52. The van der Waals surface area contributed by atoms with E-state index in [2.05, 4.69) is 57.7 Å². The van der Waals surface area contributed by atoms with E-state index >= 15 is 0 Å². The van der Waals surface area contributed by atoms with Gasteiger partial charge >= 0.3 is 6.09 Å². The molecule has 2 fully saturated rings. The van der Waals surface area contributed by atoms with Gasteiger partial charge in [0.15, 0.2) is 0 Å². The molecule has 3 aliphatic heterocycles. The lowest BCUT2D eigenvalue weighted by Gasteiger charge is -2.33. The van der Waals surface area contributed by atoms with E-state index in [1.54, 1.807) is 29.6 Å². The Morgan fingerprint density at radius 3 is 2.55 bits per heavy atom. The minimum atomic E-state index is -0.465. The molecule has 222 valence electrons. The molecule has 8 nitrogen and oxygen atoms in total. The number of ether oxygens (including phenoxy) is 2. The van der Waals surface area contributed by atoms with Crippen molar-refractivity contribution in [1.82, 2.24) is 9.88 Å².